The molecule has 1 amide bonds. The minimum absolute atomic E-state index is 0.0125. The van der Waals surface area contributed by atoms with E-state index >= 15 is 0 Å². The number of hydrogen-bond donors (Lipinski definition) is 3. The first-order chi connectivity index (χ1) is 11.8. The summed E-state index contributed by atoms with van der Waals surface area (Å²) >= 11 is 0.887. The van der Waals surface area contributed by atoms with Crippen LogP contribution in [0.3, 0.4) is 0 Å². The molecule has 0 spiro atoms. The number of nitrogens with zero attached hydrogens (tertiary/aromatic N) is 1. The monoisotopic (exact) mass is 364 g/mol. The van der Waals surface area contributed by atoms with E-state index in [-0.39, 0.29) is 22.8 Å². The molecule has 0 aliphatic heterocycles. The van der Waals surface area contributed by atoms with E-state index in [4.69, 9.17) is 4.74 Å². The fourth-order valence-electron chi connectivity index (χ4n) is 1.74. The molecule has 0 radical (unpaired) electrons. The lowest BCUT2D eigenvalue weighted by Gasteiger charge is -2.09. The second kappa shape index (κ2) is 8.29. The normalized spacial score (nSPS) is 10.5. The number of aromatic nitrogens is 3. The van der Waals surface area contributed by atoms with E-state index < -0.39 is 17.2 Å². The molecule has 0 bridgehead atoms. The number of H-pyrrole nitrogens is 2. The second-order valence-electron chi connectivity index (χ2n) is 5.18. The molecular weight excluding hydrogens is 348 g/mol. The predicted octanol–water partition coefficient (Wildman–Crippen LogP) is 0.754. The number of benzene rings is 1. The lowest BCUT2D eigenvalue weighted by atomic mass is 10.2. The van der Waals surface area contributed by atoms with Crippen LogP contribution < -0.4 is 16.6 Å². The molecule has 1 aromatic heterocycles. The van der Waals surface area contributed by atoms with Crippen molar-refractivity contribution in [1.29, 1.82) is 0 Å². The molecule has 3 N–H and O–H groups in total. The molecule has 1 heterocycles. The zero-order valence-electron chi connectivity index (χ0n) is 13.5. The molecule has 132 valence electrons. The fourth-order valence-corrected chi connectivity index (χ4v) is 2.37. The van der Waals surface area contributed by atoms with Gasteiger partial charge in [0.15, 0.2) is 5.03 Å². The number of hydrogen-bond acceptors (Lipinski definition) is 7. The second-order valence-corrected chi connectivity index (χ2v) is 6.14. The number of carbonyl (C=O) groups excluding carboxylic acids is 2. The molecule has 0 unspecified atom stereocenters. The number of aromatic amines is 2. The molecule has 2 rings (SSSR count). The Labute approximate surface area is 146 Å². The average Bonchev–Trinajstić information content (AvgIpc) is 2.54. The van der Waals surface area contributed by atoms with E-state index in [0.29, 0.717) is 11.3 Å². The summed E-state index contributed by atoms with van der Waals surface area (Å²) < 4.78 is 5.07. The summed E-state index contributed by atoms with van der Waals surface area (Å²) in [5, 5.41) is 8.26. The number of amides is 1. The van der Waals surface area contributed by atoms with Crippen molar-refractivity contribution in [3.63, 3.8) is 0 Å². The van der Waals surface area contributed by atoms with Gasteiger partial charge in [-0.15, -0.1) is 0 Å². The Morgan fingerprint density at radius 1 is 1.24 bits per heavy atom. The van der Waals surface area contributed by atoms with Crippen molar-refractivity contribution >= 4 is 29.3 Å². The first-order valence-electron chi connectivity index (χ1n) is 7.28. The predicted molar refractivity (Wildman–Crippen MR) is 91.8 cm³/mol. The standard InChI is InChI=1S/C15H16N4O5S/c1-8(2)24-14(22)9-3-5-10(6-4-9)16-11(20)7-25-13-12(21)17-15(23)19-18-13/h3-6,8H,7H2,1-2H3,(H,16,20)(H2,17,19,21,23). The molecule has 0 aliphatic carbocycles. The molecule has 0 saturated heterocycles. The number of anilines is 1. The fraction of sp³-hybridized carbons (Fsp3) is 0.267. The van der Waals surface area contributed by atoms with Crippen LogP contribution in [0.2, 0.25) is 0 Å². The Hall–Kier alpha value is -2.88. The van der Waals surface area contributed by atoms with E-state index in [1.807, 2.05) is 4.98 Å². The topological polar surface area (TPSA) is 134 Å². The van der Waals surface area contributed by atoms with Gasteiger partial charge in [-0.1, -0.05) is 11.8 Å². The van der Waals surface area contributed by atoms with Gasteiger partial charge in [-0.3, -0.25) is 14.6 Å². The number of ether oxygens (including phenoxy) is 1. The summed E-state index contributed by atoms with van der Waals surface area (Å²) in [7, 11) is 0. The van der Waals surface area contributed by atoms with E-state index in [1.54, 1.807) is 38.1 Å². The van der Waals surface area contributed by atoms with Crippen LogP contribution in [0.5, 0.6) is 0 Å². The molecule has 10 heteroatoms. The van der Waals surface area contributed by atoms with Crippen LogP contribution in [-0.4, -0.2) is 38.9 Å². The average molecular weight is 364 g/mol. The van der Waals surface area contributed by atoms with Gasteiger partial charge in [0.05, 0.1) is 17.4 Å². The molecule has 0 saturated carbocycles. The number of esters is 1. The van der Waals surface area contributed by atoms with Crippen LogP contribution in [0.1, 0.15) is 24.2 Å². The minimum atomic E-state index is -0.713. The van der Waals surface area contributed by atoms with Gasteiger partial charge >= 0.3 is 11.7 Å². The lowest BCUT2D eigenvalue weighted by Crippen LogP contribution is -2.25. The van der Waals surface area contributed by atoms with Gasteiger partial charge in [-0.05, 0) is 38.1 Å². The van der Waals surface area contributed by atoms with E-state index in [0.717, 1.165) is 11.8 Å². The number of thioether (sulfide) groups is 1. The Bertz CT molecular complexity index is 872. The molecule has 2 aromatic rings. The molecule has 25 heavy (non-hydrogen) atoms. The highest BCUT2D eigenvalue weighted by molar-refractivity contribution is 7.99. The van der Waals surface area contributed by atoms with Crippen molar-refractivity contribution in [3.05, 3.63) is 50.7 Å². The molecular formula is C15H16N4O5S. The van der Waals surface area contributed by atoms with Gasteiger partial charge in [-0.25, -0.2) is 14.7 Å². The maximum atomic E-state index is 11.9. The van der Waals surface area contributed by atoms with Crippen molar-refractivity contribution in [3.8, 4) is 0 Å². The third-order valence-electron chi connectivity index (χ3n) is 2.77. The van der Waals surface area contributed by atoms with Gasteiger partial charge in [0.2, 0.25) is 5.91 Å². The van der Waals surface area contributed by atoms with Crippen molar-refractivity contribution < 1.29 is 14.3 Å². The summed E-state index contributed by atoms with van der Waals surface area (Å²) in [5.41, 5.74) is -0.496. The van der Waals surface area contributed by atoms with Crippen LogP contribution in [0.4, 0.5) is 5.69 Å². The van der Waals surface area contributed by atoms with Gasteiger partial charge in [0.1, 0.15) is 0 Å². The van der Waals surface area contributed by atoms with Crippen molar-refractivity contribution in [2.24, 2.45) is 0 Å². The molecule has 9 nitrogen and oxygen atoms in total. The van der Waals surface area contributed by atoms with Crippen LogP contribution >= 0.6 is 11.8 Å². The quantitative estimate of drug-likeness (QED) is 0.509. The Balaban J connectivity index is 1.91. The summed E-state index contributed by atoms with van der Waals surface area (Å²) in [6.45, 7) is 3.51. The van der Waals surface area contributed by atoms with E-state index in [9.17, 15) is 19.2 Å². The number of nitrogens with one attached hydrogen (secondary N) is 3. The van der Waals surface area contributed by atoms with E-state index in [1.165, 1.54) is 0 Å². The highest BCUT2D eigenvalue weighted by Crippen LogP contribution is 2.13. The van der Waals surface area contributed by atoms with Crippen LogP contribution in [0, 0.1) is 0 Å². The summed E-state index contributed by atoms with van der Waals surface area (Å²) in [6.07, 6.45) is -0.214. The highest BCUT2D eigenvalue weighted by atomic mass is 32.2. The summed E-state index contributed by atoms with van der Waals surface area (Å²) in [4.78, 5) is 48.0. The zero-order chi connectivity index (χ0) is 18.4. The van der Waals surface area contributed by atoms with Crippen molar-refractivity contribution in [2.45, 2.75) is 25.0 Å². The van der Waals surface area contributed by atoms with E-state index in [2.05, 4.69) is 15.5 Å². The van der Waals surface area contributed by atoms with Crippen molar-refractivity contribution in [1.82, 2.24) is 15.2 Å². The van der Waals surface area contributed by atoms with Crippen LogP contribution in [0.15, 0.2) is 38.9 Å². The minimum Gasteiger partial charge on any atom is -0.459 e. The first-order valence-corrected chi connectivity index (χ1v) is 8.26. The van der Waals surface area contributed by atoms with Gasteiger partial charge in [0, 0.05) is 5.69 Å². The SMILES string of the molecule is CC(C)OC(=O)c1ccc(NC(=O)CSc2n[nH]c(=O)[nH]c2=O)cc1. The first kappa shape index (κ1) is 18.5. The largest absolute Gasteiger partial charge is 0.459 e. The zero-order valence-corrected chi connectivity index (χ0v) is 14.3. The smallest absolute Gasteiger partial charge is 0.342 e. The Kier molecular flexibility index (Phi) is 6.12. The molecule has 0 fully saturated rings. The van der Waals surface area contributed by atoms with Gasteiger partial charge < -0.3 is 10.1 Å². The van der Waals surface area contributed by atoms with Gasteiger partial charge in [-0.2, -0.15) is 5.10 Å². The highest BCUT2D eigenvalue weighted by Gasteiger charge is 2.11. The van der Waals surface area contributed by atoms with Gasteiger partial charge in [0.25, 0.3) is 5.56 Å². The lowest BCUT2D eigenvalue weighted by molar-refractivity contribution is -0.113. The van der Waals surface area contributed by atoms with Crippen LogP contribution in [-0.2, 0) is 9.53 Å². The Morgan fingerprint density at radius 2 is 1.92 bits per heavy atom. The maximum Gasteiger partial charge on any atom is 0.342 e. The van der Waals surface area contributed by atoms with Crippen LogP contribution in [0.25, 0.3) is 0 Å². The molecule has 1 aromatic carbocycles. The van der Waals surface area contributed by atoms with Crippen molar-refractivity contribution in [2.75, 3.05) is 11.1 Å². The number of carbonyl (C=O) groups is 2. The maximum absolute atomic E-state index is 11.9. The third kappa shape index (κ3) is 5.60. The molecule has 0 aliphatic rings. The third-order valence-corrected chi connectivity index (χ3v) is 3.72. The molecule has 0 atom stereocenters. The Morgan fingerprint density at radius 3 is 2.52 bits per heavy atom. The summed E-state index contributed by atoms with van der Waals surface area (Å²) in [5.74, 6) is -0.874. The summed E-state index contributed by atoms with van der Waals surface area (Å²) in [6, 6.07) is 6.23. The number of rotatable bonds is 6.